The maximum atomic E-state index is 14.2. The number of carbonyl (C=O) groups is 1. The number of benzene rings is 1. The zero-order valence-corrected chi connectivity index (χ0v) is 13.7. The fourth-order valence-corrected chi connectivity index (χ4v) is 1.70. The van der Waals surface area contributed by atoms with E-state index in [1.807, 2.05) is 0 Å². The molecule has 1 aromatic rings. The molecule has 0 heterocycles. The fraction of sp³-hybridized carbons (Fsp3) is 0.533. The predicted octanol–water partition coefficient (Wildman–Crippen LogP) is 1.17. The van der Waals surface area contributed by atoms with Gasteiger partial charge in [-0.3, -0.25) is 0 Å². The van der Waals surface area contributed by atoms with Gasteiger partial charge in [-0.25, -0.2) is 9.18 Å². The molecule has 0 aromatic heterocycles. The quantitative estimate of drug-likeness (QED) is 0.631. The zero-order chi connectivity index (χ0) is 17.3. The molecular formula is C15H22BFO5. The van der Waals surface area contributed by atoms with E-state index in [9.17, 15) is 19.3 Å². The minimum absolute atomic E-state index is 0.111. The summed E-state index contributed by atoms with van der Waals surface area (Å²) in [5.74, 6) is -1.31. The third-order valence-corrected chi connectivity index (χ3v) is 3.85. The molecule has 0 spiro atoms. The van der Waals surface area contributed by atoms with Crippen LogP contribution in [0.3, 0.4) is 0 Å². The number of rotatable bonds is 5. The third kappa shape index (κ3) is 3.85. The highest BCUT2D eigenvalue weighted by Gasteiger charge is 2.40. The highest BCUT2D eigenvalue weighted by Crippen LogP contribution is 2.25. The van der Waals surface area contributed by atoms with E-state index >= 15 is 0 Å². The van der Waals surface area contributed by atoms with Crippen LogP contribution in [0.5, 0.6) is 0 Å². The molecule has 0 aliphatic carbocycles. The molecule has 0 atom stereocenters. The number of hydrogen-bond donors (Lipinski definition) is 2. The monoisotopic (exact) mass is 312 g/mol. The zero-order valence-electron chi connectivity index (χ0n) is 13.7. The molecule has 5 nitrogen and oxygen atoms in total. The molecule has 0 bridgehead atoms. The summed E-state index contributed by atoms with van der Waals surface area (Å²) in [5.41, 5.74) is -2.30. The van der Waals surface area contributed by atoms with Crippen molar-refractivity contribution in [2.24, 2.45) is 0 Å². The molecule has 0 saturated heterocycles. The summed E-state index contributed by atoms with van der Waals surface area (Å²) in [6, 6.07) is 2.51. The van der Waals surface area contributed by atoms with Gasteiger partial charge in [0.05, 0.1) is 23.9 Å². The van der Waals surface area contributed by atoms with Crippen LogP contribution in [0.1, 0.15) is 43.6 Å². The molecule has 0 saturated carbocycles. The summed E-state index contributed by atoms with van der Waals surface area (Å²) in [5, 5.41) is 20.2. The molecule has 1 rings (SSSR count). The van der Waals surface area contributed by atoms with Crippen molar-refractivity contribution in [2.75, 3.05) is 7.11 Å². The van der Waals surface area contributed by atoms with Gasteiger partial charge in [0.25, 0.3) is 0 Å². The van der Waals surface area contributed by atoms with Gasteiger partial charge >= 0.3 is 13.1 Å². The SMILES string of the molecule is COC(=O)c1cc(C)c(F)c(B(O)OC(C)(C)C(C)(C)O)c1. The predicted molar refractivity (Wildman–Crippen MR) is 81.5 cm³/mol. The summed E-state index contributed by atoms with van der Waals surface area (Å²) in [6.45, 7) is 7.66. The van der Waals surface area contributed by atoms with Crippen LogP contribution in [0.4, 0.5) is 4.39 Å². The average Bonchev–Trinajstić information content (AvgIpc) is 2.38. The van der Waals surface area contributed by atoms with Crippen molar-refractivity contribution in [3.8, 4) is 0 Å². The van der Waals surface area contributed by atoms with Gasteiger partial charge in [0.1, 0.15) is 5.82 Å². The van der Waals surface area contributed by atoms with Crippen molar-refractivity contribution >= 4 is 18.6 Å². The van der Waals surface area contributed by atoms with E-state index in [0.29, 0.717) is 0 Å². The summed E-state index contributed by atoms with van der Waals surface area (Å²) in [6.07, 6.45) is 0. The lowest BCUT2D eigenvalue weighted by Gasteiger charge is -2.38. The summed E-state index contributed by atoms with van der Waals surface area (Å²) in [7, 11) is -0.421. The van der Waals surface area contributed by atoms with E-state index in [1.165, 1.54) is 40.0 Å². The van der Waals surface area contributed by atoms with Gasteiger partial charge in [-0.05, 0) is 52.3 Å². The Bertz CT molecular complexity index is 566. The van der Waals surface area contributed by atoms with E-state index in [0.717, 1.165) is 0 Å². The molecule has 7 heteroatoms. The maximum Gasteiger partial charge on any atom is 0.494 e. The summed E-state index contributed by atoms with van der Waals surface area (Å²) >= 11 is 0. The first-order valence-corrected chi connectivity index (χ1v) is 6.87. The lowest BCUT2D eigenvalue weighted by molar-refractivity contribution is -0.0983. The van der Waals surface area contributed by atoms with E-state index in [2.05, 4.69) is 4.74 Å². The molecule has 2 N–H and O–H groups in total. The molecule has 22 heavy (non-hydrogen) atoms. The van der Waals surface area contributed by atoms with Gasteiger partial charge in [-0.2, -0.15) is 0 Å². The van der Waals surface area contributed by atoms with E-state index < -0.39 is 30.1 Å². The Morgan fingerprint density at radius 2 is 1.82 bits per heavy atom. The Kier molecular flexibility index (Phi) is 5.38. The van der Waals surface area contributed by atoms with Crippen LogP contribution in [-0.4, -0.2) is 41.5 Å². The molecule has 122 valence electrons. The van der Waals surface area contributed by atoms with E-state index in [1.54, 1.807) is 13.8 Å². The first-order valence-electron chi connectivity index (χ1n) is 6.87. The maximum absolute atomic E-state index is 14.2. The summed E-state index contributed by atoms with van der Waals surface area (Å²) < 4.78 is 24.2. The van der Waals surface area contributed by atoms with Gasteiger partial charge in [0, 0.05) is 5.46 Å². The van der Waals surface area contributed by atoms with Gasteiger partial charge in [0.15, 0.2) is 0 Å². The lowest BCUT2D eigenvalue weighted by Crippen LogP contribution is -2.53. The molecule has 0 fully saturated rings. The van der Waals surface area contributed by atoms with Crippen molar-refractivity contribution in [1.29, 1.82) is 0 Å². The van der Waals surface area contributed by atoms with Crippen LogP contribution in [-0.2, 0) is 9.39 Å². The second-order valence-electron chi connectivity index (χ2n) is 6.23. The number of methoxy groups -OCH3 is 1. The Morgan fingerprint density at radius 3 is 2.27 bits per heavy atom. The Labute approximate surface area is 130 Å². The molecule has 0 radical (unpaired) electrons. The van der Waals surface area contributed by atoms with Crippen LogP contribution in [0, 0.1) is 12.7 Å². The Morgan fingerprint density at radius 1 is 1.27 bits per heavy atom. The number of hydrogen-bond acceptors (Lipinski definition) is 5. The van der Waals surface area contributed by atoms with Gasteiger partial charge in [-0.1, -0.05) is 0 Å². The average molecular weight is 312 g/mol. The molecule has 0 aliphatic heterocycles. The second-order valence-corrected chi connectivity index (χ2v) is 6.23. The Hall–Kier alpha value is -1.44. The van der Waals surface area contributed by atoms with Gasteiger partial charge < -0.3 is 19.5 Å². The van der Waals surface area contributed by atoms with Gasteiger partial charge in [-0.15, -0.1) is 0 Å². The van der Waals surface area contributed by atoms with Crippen molar-refractivity contribution in [1.82, 2.24) is 0 Å². The molecule has 0 amide bonds. The number of carbonyl (C=O) groups excluding carboxylic acids is 1. The molecule has 0 aliphatic rings. The number of aliphatic hydroxyl groups is 1. The fourth-order valence-electron chi connectivity index (χ4n) is 1.70. The van der Waals surface area contributed by atoms with Crippen LogP contribution >= 0.6 is 0 Å². The van der Waals surface area contributed by atoms with Crippen LogP contribution in [0.15, 0.2) is 12.1 Å². The summed E-state index contributed by atoms with van der Waals surface area (Å²) in [4.78, 5) is 11.6. The number of ether oxygens (including phenoxy) is 1. The van der Waals surface area contributed by atoms with Crippen molar-refractivity contribution in [3.05, 3.63) is 29.1 Å². The van der Waals surface area contributed by atoms with Crippen LogP contribution in [0.25, 0.3) is 0 Å². The minimum atomic E-state index is -1.63. The number of esters is 1. The first-order chi connectivity index (χ1) is 9.90. The molecule has 1 aromatic carbocycles. The van der Waals surface area contributed by atoms with Crippen LogP contribution < -0.4 is 5.46 Å². The van der Waals surface area contributed by atoms with E-state index in [-0.39, 0.29) is 16.6 Å². The number of aryl methyl sites for hydroxylation is 1. The Balaban J connectivity index is 3.20. The second kappa shape index (κ2) is 6.36. The topological polar surface area (TPSA) is 76.0 Å². The van der Waals surface area contributed by atoms with Crippen LogP contribution in [0.2, 0.25) is 0 Å². The minimum Gasteiger partial charge on any atom is -0.465 e. The van der Waals surface area contributed by atoms with Crippen molar-refractivity contribution < 1.29 is 28.7 Å². The smallest absolute Gasteiger partial charge is 0.465 e. The first kappa shape index (κ1) is 18.6. The highest BCUT2D eigenvalue weighted by molar-refractivity contribution is 6.60. The largest absolute Gasteiger partial charge is 0.494 e. The normalized spacial score (nSPS) is 12.2. The molecule has 0 unspecified atom stereocenters. The third-order valence-electron chi connectivity index (χ3n) is 3.85. The van der Waals surface area contributed by atoms with Crippen molar-refractivity contribution in [3.63, 3.8) is 0 Å². The van der Waals surface area contributed by atoms with Crippen molar-refractivity contribution in [2.45, 2.75) is 45.8 Å². The van der Waals surface area contributed by atoms with E-state index in [4.69, 9.17) is 4.65 Å². The standard InChI is InChI=1S/C15H22BFO5/c1-9-7-10(13(18)21-6)8-11(12(9)17)16(20)22-15(4,5)14(2,3)19/h7-8,19-20H,1-6H3. The molecular weight excluding hydrogens is 290 g/mol. The lowest BCUT2D eigenvalue weighted by atomic mass is 9.75. The number of halogens is 1. The van der Waals surface area contributed by atoms with Gasteiger partial charge in [0.2, 0.25) is 0 Å². The highest BCUT2D eigenvalue weighted by atomic mass is 19.1.